The van der Waals surface area contributed by atoms with Crippen LogP contribution in [-0.4, -0.2) is 19.1 Å². The molecule has 0 fully saturated rings. The number of hydrogen-bond acceptors (Lipinski definition) is 3. The summed E-state index contributed by atoms with van der Waals surface area (Å²) in [5.41, 5.74) is 4.36. The molecule has 0 bridgehead atoms. The summed E-state index contributed by atoms with van der Waals surface area (Å²) >= 11 is 0. The van der Waals surface area contributed by atoms with E-state index in [0.717, 1.165) is 18.5 Å². The number of methoxy groups -OCH3 is 1. The van der Waals surface area contributed by atoms with Crippen LogP contribution in [0.2, 0.25) is 0 Å². The lowest BCUT2D eigenvalue weighted by Gasteiger charge is -2.14. The van der Waals surface area contributed by atoms with Crippen LogP contribution in [0.15, 0.2) is 48.5 Å². The molecule has 0 heterocycles. The molecule has 0 atom stereocenters. The second-order valence-corrected chi connectivity index (χ2v) is 5.09. The van der Waals surface area contributed by atoms with Gasteiger partial charge in [0.25, 0.3) is 0 Å². The lowest BCUT2D eigenvalue weighted by molar-refractivity contribution is 0.0601. The number of fused-ring (bicyclic) bond motifs is 1. The van der Waals surface area contributed by atoms with Crippen LogP contribution in [0.25, 0.3) is 0 Å². The number of nitrogens with one attached hydrogen (secondary N) is 1. The fourth-order valence-corrected chi connectivity index (χ4v) is 2.75. The Morgan fingerprint density at radius 3 is 2.45 bits per heavy atom. The molecule has 0 aliphatic heterocycles. The largest absolute Gasteiger partial charge is 0.465 e. The van der Waals surface area contributed by atoms with Gasteiger partial charge in [0.15, 0.2) is 0 Å². The quantitative estimate of drug-likeness (QED) is 0.869. The number of carbonyl (C=O) groups excluding carboxylic acids is 1. The number of anilines is 1. The van der Waals surface area contributed by atoms with Crippen LogP contribution in [0.3, 0.4) is 0 Å². The molecule has 0 radical (unpaired) electrons. The van der Waals surface area contributed by atoms with Crippen molar-refractivity contribution in [2.24, 2.45) is 0 Å². The van der Waals surface area contributed by atoms with E-state index < -0.39 is 0 Å². The highest BCUT2D eigenvalue weighted by Crippen LogP contribution is 2.24. The fourth-order valence-electron chi connectivity index (χ4n) is 2.75. The van der Waals surface area contributed by atoms with Gasteiger partial charge < -0.3 is 10.1 Å². The van der Waals surface area contributed by atoms with Crippen LogP contribution in [-0.2, 0) is 17.6 Å². The van der Waals surface area contributed by atoms with Gasteiger partial charge in [0, 0.05) is 11.7 Å². The van der Waals surface area contributed by atoms with Crippen LogP contribution in [0.5, 0.6) is 0 Å². The van der Waals surface area contributed by atoms with Gasteiger partial charge in [0.05, 0.1) is 12.7 Å². The van der Waals surface area contributed by atoms with E-state index in [4.69, 9.17) is 4.74 Å². The van der Waals surface area contributed by atoms with Crippen molar-refractivity contribution in [1.82, 2.24) is 0 Å². The number of benzene rings is 2. The van der Waals surface area contributed by atoms with Crippen molar-refractivity contribution in [3.05, 3.63) is 65.2 Å². The van der Waals surface area contributed by atoms with Crippen molar-refractivity contribution in [1.29, 1.82) is 0 Å². The first-order valence-electron chi connectivity index (χ1n) is 6.78. The predicted molar refractivity (Wildman–Crippen MR) is 79.0 cm³/mol. The molecule has 1 aliphatic rings. The molecule has 3 rings (SSSR count). The van der Waals surface area contributed by atoms with E-state index in [0.29, 0.717) is 11.6 Å². The Morgan fingerprint density at radius 2 is 1.80 bits per heavy atom. The van der Waals surface area contributed by atoms with E-state index in [2.05, 4.69) is 29.6 Å². The molecular formula is C17H17NO2. The molecule has 0 aromatic heterocycles. The topological polar surface area (TPSA) is 38.3 Å². The molecule has 0 saturated carbocycles. The Kier molecular flexibility index (Phi) is 3.42. The molecule has 2 aromatic rings. The molecule has 1 aliphatic carbocycles. The van der Waals surface area contributed by atoms with E-state index in [1.807, 2.05) is 18.2 Å². The zero-order valence-electron chi connectivity index (χ0n) is 11.4. The van der Waals surface area contributed by atoms with E-state index in [-0.39, 0.29) is 5.97 Å². The summed E-state index contributed by atoms with van der Waals surface area (Å²) in [6, 6.07) is 16.4. The maximum atomic E-state index is 11.5. The van der Waals surface area contributed by atoms with Gasteiger partial charge >= 0.3 is 5.97 Å². The van der Waals surface area contributed by atoms with Crippen molar-refractivity contribution in [2.75, 3.05) is 12.4 Å². The van der Waals surface area contributed by atoms with Gasteiger partial charge in [-0.25, -0.2) is 4.79 Å². The second kappa shape index (κ2) is 5.37. The highest BCUT2D eigenvalue weighted by atomic mass is 16.5. The molecule has 102 valence electrons. The number of carbonyl (C=O) groups is 1. The van der Waals surface area contributed by atoms with Crippen molar-refractivity contribution in [3.8, 4) is 0 Å². The summed E-state index contributed by atoms with van der Waals surface area (Å²) in [7, 11) is 1.40. The third-order valence-corrected chi connectivity index (χ3v) is 3.71. The second-order valence-electron chi connectivity index (χ2n) is 5.09. The summed E-state index contributed by atoms with van der Waals surface area (Å²) in [5.74, 6) is -0.302. The smallest absolute Gasteiger partial charge is 0.337 e. The van der Waals surface area contributed by atoms with Crippen molar-refractivity contribution >= 4 is 11.7 Å². The molecule has 3 heteroatoms. The third kappa shape index (κ3) is 2.52. The molecule has 0 saturated heterocycles. The molecule has 0 amide bonds. The number of ether oxygens (including phenoxy) is 1. The lowest BCUT2D eigenvalue weighted by atomic mass is 10.1. The van der Waals surface area contributed by atoms with Gasteiger partial charge in [0.2, 0.25) is 0 Å². The van der Waals surface area contributed by atoms with Crippen molar-refractivity contribution in [3.63, 3.8) is 0 Å². The van der Waals surface area contributed by atoms with Gasteiger partial charge in [-0.05, 0) is 42.2 Å². The van der Waals surface area contributed by atoms with Crippen molar-refractivity contribution in [2.45, 2.75) is 18.9 Å². The van der Waals surface area contributed by atoms with E-state index in [1.54, 1.807) is 6.07 Å². The molecule has 1 N–H and O–H groups in total. The highest BCUT2D eigenvalue weighted by molar-refractivity contribution is 5.90. The van der Waals surface area contributed by atoms with Gasteiger partial charge in [-0.2, -0.15) is 0 Å². The Hall–Kier alpha value is -2.29. The Balaban J connectivity index is 1.72. The third-order valence-electron chi connectivity index (χ3n) is 3.71. The molecule has 2 aromatic carbocycles. The van der Waals surface area contributed by atoms with Gasteiger partial charge in [-0.3, -0.25) is 0 Å². The minimum atomic E-state index is -0.302. The molecule has 20 heavy (non-hydrogen) atoms. The molecule has 0 unspecified atom stereocenters. The Morgan fingerprint density at radius 1 is 1.10 bits per heavy atom. The monoisotopic (exact) mass is 267 g/mol. The first kappa shape index (κ1) is 12.7. The van der Waals surface area contributed by atoms with E-state index in [9.17, 15) is 4.79 Å². The van der Waals surface area contributed by atoms with Crippen LogP contribution in [0.4, 0.5) is 5.69 Å². The van der Waals surface area contributed by atoms with Crippen LogP contribution in [0.1, 0.15) is 21.5 Å². The van der Waals surface area contributed by atoms with E-state index >= 15 is 0 Å². The zero-order valence-corrected chi connectivity index (χ0v) is 11.4. The standard InChI is InChI=1S/C17H17NO2/c1-20-17(19)14-7-4-8-15(11-14)18-16-9-12-5-2-3-6-13(12)10-16/h2-8,11,16,18H,9-10H2,1H3. The average Bonchev–Trinajstić information content (AvgIpc) is 2.88. The summed E-state index contributed by atoms with van der Waals surface area (Å²) in [6.07, 6.45) is 2.05. The van der Waals surface area contributed by atoms with Crippen LogP contribution in [0, 0.1) is 0 Å². The van der Waals surface area contributed by atoms with Crippen molar-refractivity contribution < 1.29 is 9.53 Å². The summed E-state index contributed by atoms with van der Waals surface area (Å²) in [6.45, 7) is 0. The summed E-state index contributed by atoms with van der Waals surface area (Å²) in [5, 5.41) is 3.50. The minimum absolute atomic E-state index is 0.302. The first-order valence-corrected chi connectivity index (χ1v) is 6.78. The SMILES string of the molecule is COC(=O)c1cccc(NC2Cc3ccccc3C2)c1. The zero-order chi connectivity index (χ0) is 13.9. The number of hydrogen-bond donors (Lipinski definition) is 1. The van der Waals surface area contributed by atoms with Gasteiger partial charge in [0.1, 0.15) is 0 Å². The normalized spacial score (nSPS) is 13.8. The van der Waals surface area contributed by atoms with Gasteiger partial charge in [-0.1, -0.05) is 30.3 Å². The van der Waals surface area contributed by atoms with Crippen LogP contribution < -0.4 is 5.32 Å². The molecule has 0 spiro atoms. The van der Waals surface area contributed by atoms with Crippen LogP contribution >= 0.6 is 0 Å². The first-order chi connectivity index (χ1) is 9.76. The van der Waals surface area contributed by atoms with E-state index in [1.165, 1.54) is 18.2 Å². The fraction of sp³-hybridized carbons (Fsp3) is 0.235. The molecule has 3 nitrogen and oxygen atoms in total. The maximum absolute atomic E-state index is 11.5. The number of rotatable bonds is 3. The average molecular weight is 267 g/mol. The highest BCUT2D eigenvalue weighted by Gasteiger charge is 2.20. The summed E-state index contributed by atoms with van der Waals surface area (Å²) < 4.78 is 4.75. The summed E-state index contributed by atoms with van der Waals surface area (Å²) in [4.78, 5) is 11.5. The maximum Gasteiger partial charge on any atom is 0.337 e. The number of esters is 1. The minimum Gasteiger partial charge on any atom is -0.465 e. The molecular weight excluding hydrogens is 250 g/mol. The Bertz CT molecular complexity index is 611. The Labute approximate surface area is 118 Å². The van der Waals surface area contributed by atoms with Gasteiger partial charge in [-0.15, -0.1) is 0 Å². The lowest BCUT2D eigenvalue weighted by Crippen LogP contribution is -2.19. The predicted octanol–water partition coefficient (Wildman–Crippen LogP) is 3.05.